The standard InChI is InChI=1S/C14H20BrNO2S/c15-11-7-13(19-10-11)9-16-12-1-4-18-14(8-12)2-5-17-6-3-14/h7,10,12,16H,1-6,8-9H2. The van der Waals surface area contributed by atoms with Crippen molar-refractivity contribution in [3.05, 3.63) is 20.8 Å². The van der Waals surface area contributed by atoms with Gasteiger partial charge in [0.1, 0.15) is 0 Å². The summed E-state index contributed by atoms with van der Waals surface area (Å²) in [4.78, 5) is 1.39. The lowest BCUT2D eigenvalue weighted by Gasteiger charge is -2.43. The Morgan fingerprint density at radius 2 is 2.21 bits per heavy atom. The second-order valence-electron chi connectivity index (χ2n) is 5.45. The van der Waals surface area contributed by atoms with E-state index in [1.165, 1.54) is 9.35 Å². The average Bonchev–Trinajstić information content (AvgIpc) is 2.83. The van der Waals surface area contributed by atoms with Gasteiger partial charge in [-0.25, -0.2) is 0 Å². The molecule has 2 aliphatic rings. The van der Waals surface area contributed by atoms with E-state index in [4.69, 9.17) is 9.47 Å². The molecule has 1 aromatic heterocycles. The second kappa shape index (κ2) is 6.22. The van der Waals surface area contributed by atoms with Crippen LogP contribution in [0.15, 0.2) is 15.9 Å². The van der Waals surface area contributed by atoms with Crippen molar-refractivity contribution in [2.75, 3.05) is 19.8 Å². The first-order chi connectivity index (χ1) is 9.26. The van der Waals surface area contributed by atoms with Crippen LogP contribution in [-0.4, -0.2) is 31.5 Å². The van der Waals surface area contributed by atoms with Crippen LogP contribution < -0.4 is 5.32 Å². The third-order valence-corrected chi connectivity index (χ3v) is 5.78. The molecular weight excluding hydrogens is 326 g/mol. The summed E-state index contributed by atoms with van der Waals surface area (Å²) in [6, 6.07) is 2.77. The van der Waals surface area contributed by atoms with Gasteiger partial charge in [-0.2, -0.15) is 0 Å². The molecule has 1 spiro atoms. The van der Waals surface area contributed by atoms with Crippen LogP contribution >= 0.6 is 27.3 Å². The van der Waals surface area contributed by atoms with Crippen molar-refractivity contribution in [2.24, 2.45) is 0 Å². The highest BCUT2D eigenvalue weighted by Gasteiger charge is 2.38. The molecular formula is C14H20BrNO2S. The van der Waals surface area contributed by atoms with E-state index in [-0.39, 0.29) is 5.60 Å². The molecule has 2 fully saturated rings. The van der Waals surface area contributed by atoms with Gasteiger partial charge in [-0.05, 0) is 47.7 Å². The molecule has 19 heavy (non-hydrogen) atoms. The molecule has 106 valence electrons. The molecule has 0 radical (unpaired) electrons. The molecule has 1 unspecified atom stereocenters. The van der Waals surface area contributed by atoms with Crippen LogP contribution in [0.1, 0.15) is 30.6 Å². The number of thiophene rings is 1. The van der Waals surface area contributed by atoms with Gasteiger partial charge in [0.15, 0.2) is 0 Å². The first-order valence-electron chi connectivity index (χ1n) is 6.94. The van der Waals surface area contributed by atoms with Gasteiger partial charge in [0.25, 0.3) is 0 Å². The molecule has 0 bridgehead atoms. The van der Waals surface area contributed by atoms with E-state index in [9.17, 15) is 0 Å². The monoisotopic (exact) mass is 345 g/mol. The molecule has 1 atom stereocenters. The maximum Gasteiger partial charge on any atom is 0.0741 e. The van der Waals surface area contributed by atoms with Crippen LogP contribution in [-0.2, 0) is 16.0 Å². The van der Waals surface area contributed by atoms with E-state index in [1.54, 1.807) is 11.3 Å². The van der Waals surface area contributed by atoms with Crippen LogP contribution in [0, 0.1) is 0 Å². The minimum absolute atomic E-state index is 0.0875. The van der Waals surface area contributed by atoms with Crippen LogP contribution in [0.2, 0.25) is 0 Å². The third kappa shape index (κ3) is 3.58. The Labute approximate surface area is 126 Å². The normalized spacial score (nSPS) is 26.7. The van der Waals surface area contributed by atoms with E-state index < -0.39 is 0 Å². The third-order valence-electron chi connectivity index (χ3n) is 4.08. The summed E-state index contributed by atoms with van der Waals surface area (Å²) in [7, 11) is 0. The Hall–Kier alpha value is 0.0600. The highest BCUT2D eigenvalue weighted by Crippen LogP contribution is 2.34. The smallest absolute Gasteiger partial charge is 0.0741 e. The van der Waals surface area contributed by atoms with E-state index in [2.05, 4.69) is 32.7 Å². The van der Waals surface area contributed by atoms with Gasteiger partial charge >= 0.3 is 0 Å². The summed E-state index contributed by atoms with van der Waals surface area (Å²) in [5.41, 5.74) is 0.0875. The minimum Gasteiger partial charge on any atom is -0.381 e. The average molecular weight is 346 g/mol. The Kier molecular flexibility index (Phi) is 4.59. The highest BCUT2D eigenvalue weighted by molar-refractivity contribution is 9.10. The van der Waals surface area contributed by atoms with Gasteiger partial charge in [-0.15, -0.1) is 11.3 Å². The molecule has 3 rings (SSSR count). The first kappa shape index (κ1) is 14.0. The quantitative estimate of drug-likeness (QED) is 0.911. The summed E-state index contributed by atoms with van der Waals surface area (Å²) < 4.78 is 12.7. The highest BCUT2D eigenvalue weighted by atomic mass is 79.9. The minimum atomic E-state index is 0.0875. The summed E-state index contributed by atoms with van der Waals surface area (Å²) in [5.74, 6) is 0. The van der Waals surface area contributed by atoms with Gasteiger partial charge in [-0.3, -0.25) is 0 Å². The lowest BCUT2D eigenvalue weighted by molar-refractivity contribution is -0.140. The molecule has 5 heteroatoms. The number of rotatable bonds is 3. The van der Waals surface area contributed by atoms with Crippen LogP contribution in [0.3, 0.4) is 0 Å². The Morgan fingerprint density at radius 1 is 1.37 bits per heavy atom. The largest absolute Gasteiger partial charge is 0.381 e. The fourth-order valence-corrected chi connectivity index (χ4v) is 4.39. The zero-order valence-corrected chi connectivity index (χ0v) is 13.4. The van der Waals surface area contributed by atoms with Crippen molar-refractivity contribution in [3.63, 3.8) is 0 Å². The summed E-state index contributed by atoms with van der Waals surface area (Å²) in [6.45, 7) is 3.55. The van der Waals surface area contributed by atoms with Crippen LogP contribution in [0.4, 0.5) is 0 Å². The zero-order chi connectivity index (χ0) is 13.1. The van der Waals surface area contributed by atoms with Gasteiger partial charge in [-0.1, -0.05) is 0 Å². The SMILES string of the molecule is Brc1csc(CNC2CCOC3(CCOCC3)C2)c1. The molecule has 2 aliphatic heterocycles. The van der Waals surface area contributed by atoms with Crippen molar-refractivity contribution in [1.29, 1.82) is 0 Å². The predicted octanol–water partition coefficient (Wildman–Crippen LogP) is 3.33. The van der Waals surface area contributed by atoms with Crippen molar-refractivity contribution >= 4 is 27.3 Å². The van der Waals surface area contributed by atoms with Crippen molar-refractivity contribution in [2.45, 2.75) is 43.9 Å². The van der Waals surface area contributed by atoms with Gasteiger partial charge < -0.3 is 14.8 Å². The van der Waals surface area contributed by atoms with Crippen LogP contribution in [0.25, 0.3) is 0 Å². The Balaban J connectivity index is 1.53. The van der Waals surface area contributed by atoms with E-state index >= 15 is 0 Å². The fraction of sp³-hybridized carbons (Fsp3) is 0.714. The molecule has 1 N–H and O–H groups in total. The Bertz CT molecular complexity index is 412. The number of ether oxygens (including phenoxy) is 2. The first-order valence-corrected chi connectivity index (χ1v) is 8.61. The van der Waals surface area contributed by atoms with Crippen molar-refractivity contribution in [1.82, 2.24) is 5.32 Å². The van der Waals surface area contributed by atoms with Crippen molar-refractivity contribution < 1.29 is 9.47 Å². The number of hydrogen-bond acceptors (Lipinski definition) is 4. The molecule has 0 saturated carbocycles. The van der Waals surface area contributed by atoms with E-state index in [0.29, 0.717) is 6.04 Å². The summed E-state index contributed by atoms with van der Waals surface area (Å²) >= 11 is 5.31. The molecule has 3 heterocycles. The molecule has 0 amide bonds. The Morgan fingerprint density at radius 3 is 2.95 bits per heavy atom. The maximum absolute atomic E-state index is 6.07. The predicted molar refractivity (Wildman–Crippen MR) is 80.6 cm³/mol. The second-order valence-corrected chi connectivity index (χ2v) is 7.36. The summed E-state index contributed by atoms with van der Waals surface area (Å²) in [6.07, 6.45) is 4.35. The molecule has 0 aliphatic carbocycles. The maximum atomic E-state index is 6.07. The fourth-order valence-electron chi connectivity index (χ4n) is 2.99. The number of halogens is 1. The van der Waals surface area contributed by atoms with Gasteiger partial charge in [0.2, 0.25) is 0 Å². The molecule has 3 nitrogen and oxygen atoms in total. The zero-order valence-electron chi connectivity index (χ0n) is 11.0. The lowest BCUT2D eigenvalue weighted by Crippen LogP contribution is -2.49. The van der Waals surface area contributed by atoms with Gasteiger partial charge in [0.05, 0.1) is 5.60 Å². The lowest BCUT2D eigenvalue weighted by atomic mass is 9.84. The number of nitrogens with one attached hydrogen (secondary N) is 1. The molecule has 2 saturated heterocycles. The molecule has 1 aromatic rings. The summed E-state index contributed by atoms with van der Waals surface area (Å²) in [5, 5.41) is 5.83. The topological polar surface area (TPSA) is 30.5 Å². The van der Waals surface area contributed by atoms with E-state index in [0.717, 1.165) is 52.0 Å². The molecule has 0 aromatic carbocycles. The number of hydrogen-bond donors (Lipinski definition) is 1. The van der Waals surface area contributed by atoms with Crippen molar-refractivity contribution in [3.8, 4) is 0 Å². The van der Waals surface area contributed by atoms with Crippen LogP contribution in [0.5, 0.6) is 0 Å². The van der Waals surface area contributed by atoms with E-state index in [1.807, 2.05) is 0 Å². The van der Waals surface area contributed by atoms with Gasteiger partial charge in [0, 0.05) is 47.1 Å².